The summed E-state index contributed by atoms with van der Waals surface area (Å²) in [4.78, 5) is 57.0. The molecule has 2 aromatic carbocycles. The molecule has 0 bridgehead atoms. The summed E-state index contributed by atoms with van der Waals surface area (Å²) in [7, 11) is 0. The molecule has 0 saturated carbocycles. The van der Waals surface area contributed by atoms with E-state index < -0.39 is 35.7 Å². The fourth-order valence-electron chi connectivity index (χ4n) is 6.39. The third kappa shape index (κ3) is 6.35. The Morgan fingerprint density at radius 1 is 1.08 bits per heavy atom. The van der Waals surface area contributed by atoms with E-state index in [1.165, 1.54) is 11.2 Å². The second kappa shape index (κ2) is 13.4. The van der Waals surface area contributed by atoms with Crippen LogP contribution in [-0.4, -0.2) is 83.7 Å². The zero-order valence-corrected chi connectivity index (χ0v) is 28.6. The van der Waals surface area contributed by atoms with Crippen molar-refractivity contribution in [3.05, 3.63) is 86.3 Å². The Bertz CT molecular complexity index is 2300. The van der Waals surface area contributed by atoms with Crippen LogP contribution in [0.3, 0.4) is 0 Å². The zero-order chi connectivity index (χ0) is 36.9. The first kappa shape index (κ1) is 34.7. The molecule has 14 nitrogen and oxygen atoms in total. The van der Waals surface area contributed by atoms with Crippen LogP contribution in [-0.2, 0) is 30.4 Å². The average Bonchev–Trinajstić information content (AvgIpc) is 3.79. The number of aromatic hydroxyl groups is 1. The van der Waals surface area contributed by atoms with E-state index in [0.29, 0.717) is 23.6 Å². The highest BCUT2D eigenvalue weighted by Crippen LogP contribution is 2.34. The molecule has 1 saturated heterocycles. The third-order valence-corrected chi connectivity index (χ3v) is 9.39. The number of hydrogen-bond acceptors (Lipinski definition) is 10. The van der Waals surface area contributed by atoms with Gasteiger partial charge in [-0.2, -0.15) is 22.7 Å². The Morgan fingerprint density at radius 2 is 1.85 bits per heavy atom. The lowest BCUT2D eigenvalue weighted by Crippen LogP contribution is -2.51. The van der Waals surface area contributed by atoms with Gasteiger partial charge < -0.3 is 29.5 Å². The number of benzene rings is 2. The largest absolute Gasteiger partial charge is 0.504 e. The summed E-state index contributed by atoms with van der Waals surface area (Å²) < 4.78 is 48.1. The SMILES string of the molecule is CCc1c(N2CCN(C(=O)c3ncnc(C)c3O)CC2)c(=O)n2nc(-c3ccc4c(c3)OCC4)nc2n1CC(=O)Nc1ccc(C(F)(F)F)cc1Cl. The lowest BCUT2D eigenvalue weighted by molar-refractivity contribution is -0.137. The van der Waals surface area contributed by atoms with Gasteiger partial charge in [0.2, 0.25) is 11.7 Å². The molecule has 0 spiro atoms. The van der Waals surface area contributed by atoms with Crippen LogP contribution >= 0.6 is 11.6 Å². The number of rotatable bonds is 7. The fourth-order valence-corrected chi connectivity index (χ4v) is 6.62. The van der Waals surface area contributed by atoms with Gasteiger partial charge in [-0.25, -0.2) is 9.97 Å². The van der Waals surface area contributed by atoms with Crippen molar-refractivity contribution in [1.29, 1.82) is 0 Å². The van der Waals surface area contributed by atoms with E-state index in [0.717, 1.165) is 34.7 Å². The number of ether oxygens (including phenoxy) is 1. The number of carbonyl (C=O) groups excluding carboxylic acids is 2. The van der Waals surface area contributed by atoms with Gasteiger partial charge in [0.1, 0.15) is 24.3 Å². The summed E-state index contributed by atoms with van der Waals surface area (Å²) in [6, 6.07) is 8.14. The van der Waals surface area contributed by atoms with Crippen molar-refractivity contribution >= 4 is 40.6 Å². The number of halogens is 4. The molecular formula is C34H31ClF3N9O5. The van der Waals surface area contributed by atoms with Gasteiger partial charge >= 0.3 is 6.18 Å². The molecule has 0 aliphatic carbocycles. The molecule has 1 fully saturated rings. The number of nitrogens with one attached hydrogen (secondary N) is 1. The molecule has 5 heterocycles. The molecule has 0 radical (unpaired) electrons. The van der Waals surface area contributed by atoms with Crippen molar-refractivity contribution in [1.82, 2.24) is 34.0 Å². The highest BCUT2D eigenvalue weighted by atomic mass is 35.5. The Hall–Kier alpha value is -5.71. The molecule has 7 rings (SSSR count). The van der Waals surface area contributed by atoms with E-state index >= 15 is 0 Å². The van der Waals surface area contributed by atoms with Gasteiger partial charge in [-0.1, -0.05) is 30.7 Å². The quantitative estimate of drug-likeness (QED) is 0.249. The van der Waals surface area contributed by atoms with Crippen LogP contribution in [0.5, 0.6) is 11.5 Å². The van der Waals surface area contributed by atoms with Gasteiger partial charge in [-0.05, 0) is 43.2 Å². The van der Waals surface area contributed by atoms with E-state index in [4.69, 9.17) is 16.3 Å². The lowest BCUT2D eigenvalue weighted by Gasteiger charge is -2.36. The number of amides is 2. The number of piperazine rings is 1. The molecular weight excluding hydrogens is 707 g/mol. The van der Waals surface area contributed by atoms with Gasteiger partial charge in [0.05, 0.1) is 34.3 Å². The summed E-state index contributed by atoms with van der Waals surface area (Å²) in [6.07, 6.45) is -2.38. The Labute approximate surface area is 298 Å². The normalized spacial score (nSPS) is 14.4. The van der Waals surface area contributed by atoms with Crippen LogP contribution in [0, 0.1) is 6.92 Å². The summed E-state index contributed by atoms with van der Waals surface area (Å²) in [5.74, 6) is -0.455. The van der Waals surface area contributed by atoms with Crippen LogP contribution in [0.2, 0.25) is 5.02 Å². The number of anilines is 2. The second-order valence-electron chi connectivity index (χ2n) is 12.3. The zero-order valence-electron chi connectivity index (χ0n) is 27.9. The minimum absolute atomic E-state index is 0.0268. The molecule has 0 atom stereocenters. The van der Waals surface area contributed by atoms with Crippen molar-refractivity contribution in [2.24, 2.45) is 0 Å². The van der Waals surface area contributed by atoms with Crippen LogP contribution in [0.15, 0.2) is 47.5 Å². The molecule has 0 unspecified atom stereocenters. The van der Waals surface area contributed by atoms with Crippen LogP contribution in [0.25, 0.3) is 17.2 Å². The molecule has 5 aromatic rings. The van der Waals surface area contributed by atoms with Crippen molar-refractivity contribution in [2.45, 2.75) is 39.4 Å². The van der Waals surface area contributed by atoms with E-state index in [-0.39, 0.29) is 77.7 Å². The van der Waals surface area contributed by atoms with Crippen molar-refractivity contribution in [3.63, 3.8) is 0 Å². The van der Waals surface area contributed by atoms with E-state index in [1.54, 1.807) is 22.5 Å². The van der Waals surface area contributed by atoms with Gasteiger partial charge in [-0.3, -0.25) is 14.4 Å². The lowest BCUT2D eigenvalue weighted by atomic mass is 10.1. The highest BCUT2D eigenvalue weighted by Gasteiger charge is 2.32. The fraction of sp³-hybridized carbons (Fsp3) is 0.324. The first-order valence-electron chi connectivity index (χ1n) is 16.3. The molecule has 52 heavy (non-hydrogen) atoms. The van der Waals surface area contributed by atoms with Crippen LogP contribution in [0.1, 0.15) is 39.9 Å². The molecule has 270 valence electrons. The number of alkyl halides is 3. The number of aromatic nitrogens is 6. The maximum atomic E-state index is 14.3. The Balaban J connectivity index is 1.25. The predicted octanol–water partition coefficient (Wildman–Crippen LogP) is 4.13. The Morgan fingerprint density at radius 3 is 2.56 bits per heavy atom. The molecule has 3 aromatic heterocycles. The molecule has 2 aliphatic heterocycles. The molecule has 2 amide bonds. The topological polar surface area (TPSA) is 160 Å². The van der Waals surface area contributed by atoms with Crippen LogP contribution in [0.4, 0.5) is 24.5 Å². The minimum Gasteiger partial charge on any atom is -0.504 e. The van der Waals surface area contributed by atoms with E-state index in [2.05, 4.69) is 25.4 Å². The number of carbonyl (C=O) groups is 2. The van der Waals surface area contributed by atoms with Gasteiger partial charge in [0.25, 0.3) is 11.5 Å². The molecule has 18 heteroatoms. The predicted molar refractivity (Wildman–Crippen MR) is 183 cm³/mol. The monoisotopic (exact) mass is 737 g/mol. The van der Waals surface area contributed by atoms with Crippen LogP contribution < -0.4 is 20.5 Å². The second-order valence-corrected chi connectivity index (χ2v) is 12.7. The smallest absolute Gasteiger partial charge is 0.416 e. The summed E-state index contributed by atoms with van der Waals surface area (Å²) in [6.45, 7) is 4.34. The van der Waals surface area contributed by atoms with E-state index in [9.17, 15) is 32.7 Å². The maximum Gasteiger partial charge on any atom is 0.416 e. The number of nitrogens with zero attached hydrogens (tertiary/aromatic N) is 8. The maximum absolute atomic E-state index is 14.3. The minimum atomic E-state index is -4.62. The first-order valence-corrected chi connectivity index (χ1v) is 16.7. The van der Waals surface area contributed by atoms with Crippen molar-refractivity contribution < 1.29 is 32.6 Å². The van der Waals surface area contributed by atoms with Gasteiger partial charge in [-0.15, -0.1) is 5.10 Å². The number of aryl methyl sites for hydroxylation is 1. The van der Waals surface area contributed by atoms with Gasteiger partial charge in [0.15, 0.2) is 17.3 Å². The third-order valence-electron chi connectivity index (χ3n) is 9.08. The Kier molecular flexibility index (Phi) is 8.98. The summed E-state index contributed by atoms with van der Waals surface area (Å²) in [5.41, 5.74) is 0.982. The summed E-state index contributed by atoms with van der Waals surface area (Å²) >= 11 is 6.13. The highest BCUT2D eigenvalue weighted by molar-refractivity contribution is 6.33. The first-order chi connectivity index (χ1) is 24.8. The van der Waals surface area contributed by atoms with E-state index in [1.807, 2.05) is 19.1 Å². The number of fused-ring (bicyclic) bond motifs is 2. The molecule has 2 aliphatic rings. The summed E-state index contributed by atoms with van der Waals surface area (Å²) in [5, 5.41) is 17.2. The van der Waals surface area contributed by atoms with Gasteiger partial charge in [0, 0.05) is 38.2 Å². The number of hydrogen-bond donors (Lipinski definition) is 2. The standard InChI is InChI=1S/C34H31ClF3N9O5/c1-3-24-28(44-9-11-45(12-10-44)31(50)27-29(49)18(2)39-17-40-27)32(51)47-33(42-30(43-47)20-5-4-19-8-13-52-25(19)14-20)46(24)16-26(48)41-23-7-6-21(15-22(23)35)34(36,37)38/h4-7,14-15,17,49H,3,8-13,16H2,1-2H3,(H,41,48). The molecule has 2 N–H and O–H groups in total. The van der Waals surface area contributed by atoms with Crippen molar-refractivity contribution in [2.75, 3.05) is 43.0 Å². The van der Waals surface area contributed by atoms with Crippen molar-refractivity contribution in [3.8, 4) is 22.9 Å². The average molecular weight is 738 g/mol.